The lowest BCUT2D eigenvalue weighted by atomic mass is 9.76. The zero-order chi connectivity index (χ0) is 13.0. The first kappa shape index (κ1) is 14.5. The highest BCUT2D eigenvalue weighted by molar-refractivity contribution is 5.13. The molecule has 0 fully saturated rings. The molecule has 98 valence electrons. The number of aliphatic hydroxyl groups excluding tert-OH is 2. The van der Waals surface area contributed by atoms with Gasteiger partial charge < -0.3 is 10.2 Å². The third kappa shape index (κ3) is 3.97. The SMILES string of the molecule is CC(C)=CCCC(C)[C@H]1CC=C(C)C(O)[C@H]1O. The van der Waals surface area contributed by atoms with E-state index in [1.807, 2.05) is 6.92 Å². The van der Waals surface area contributed by atoms with Gasteiger partial charge in [0.05, 0.1) is 6.10 Å². The largest absolute Gasteiger partial charge is 0.390 e. The Kier molecular flexibility index (Phi) is 5.41. The minimum Gasteiger partial charge on any atom is -0.390 e. The molecule has 1 aliphatic carbocycles. The van der Waals surface area contributed by atoms with E-state index in [9.17, 15) is 10.2 Å². The lowest BCUT2D eigenvalue weighted by Gasteiger charge is -2.34. The summed E-state index contributed by atoms with van der Waals surface area (Å²) >= 11 is 0. The summed E-state index contributed by atoms with van der Waals surface area (Å²) in [4.78, 5) is 0. The van der Waals surface area contributed by atoms with E-state index >= 15 is 0 Å². The molecule has 2 unspecified atom stereocenters. The van der Waals surface area contributed by atoms with Crippen LogP contribution in [0.15, 0.2) is 23.3 Å². The summed E-state index contributed by atoms with van der Waals surface area (Å²) in [6.45, 7) is 8.28. The molecule has 2 heteroatoms. The second-order valence-corrected chi connectivity index (χ2v) is 5.62. The summed E-state index contributed by atoms with van der Waals surface area (Å²) in [6, 6.07) is 0. The Hall–Kier alpha value is -0.600. The van der Waals surface area contributed by atoms with Crippen LogP contribution in [0, 0.1) is 11.8 Å². The second kappa shape index (κ2) is 6.36. The fraction of sp³-hybridized carbons (Fsp3) is 0.733. The summed E-state index contributed by atoms with van der Waals surface area (Å²) in [5.74, 6) is 0.638. The molecule has 0 aliphatic heterocycles. The summed E-state index contributed by atoms with van der Waals surface area (Å²) in [7, 11) is 0. The predicted molar refractivity (Wildman–Crippen MR) is 71.7 cm³/mol. The van der Waals surface area contributed by atoms with Crippen LogP contribution in [0.2, 0.25) is 0 Å². The van der Waals surface area contributed by atoms with Gasteiger partial charge in [0.15, 0.2) is 0 Å². The average Bonchev–Trinajstić information content (AvgIpc) is 2.25. The van der Waals surface area contributed by atoms with E-state index in [2.05, 4.69) is 32.9 Å². The van der Waals surface area contributed by atoms with Crippen molar-refractivity contribution in [3.8, 4) is 0 Å². The fourth-order valence-electron chi connectivity index (χ4n) is 2.50. The van der Waals surface area contributed by atoms with Crippen LogP contribution in [0.5, 0.6) is 0 Å². The normalized spacial score (nSPS) is 30.7. The van der Waals surface area contributed by atoms with Crippen molar-refractivity contribution in [2.45, 2.75) is 59.2 Å². The number of hydrogen-bond donors (Lipinski definition) is 2. The molecule has 0 amide bonds. The summed E-state index contributed by atoms with van der Waals surface area (Å²) in [5, 5.41) is 19.9. The summed E-state index contributed by atoms with van der Waals surface area (Å²) in [5.41, 5.74) is 2.25. The van der Waals surface area contributed by atoms with E-state index in [0.717, 1.165) is 24.8 Å². The third-order valence-electron chi connectivity index (χ3n) is 3.85. The number of hydrogen-bond acceptors (Lipinski definition) is 2. The molecule has 0 spiro atoms. The first-order chi connectivity index (χ1) is 7.93. The molecule has 17 heavy (non-hydrogen) atoms. The molecule has 0 radical (unpaired) electrons. The van der Waals surface area contributed by atoms with Gasteiger partial charge >= 0.3 is 0 Å². The van der Waals surface area contributed by atoms with Crippen LogP contribution >= 0.6 is 0 Å². The maximum Gasteiger partial charge on any atom is 0.101 e. The van der Waals surface area contributed by atoms with Gasteiger partial charge in [-0.25, -0.2) is 0 Å². The first-order valence-corrected chi connectivity index (χ1v) is 6.59. The molecule has 0 aromatic rings. The van der Waals surface area contributed by atoms with Gasteiger partial charge in [-0.05, 0) is 57.4 Å². The van der Waals surface area contributed by atoms with Gasteiger partial charge in [-0.1, -0.05) is 24.6 Å². The molecule has 0 saturated carbocycles. The van der Waals surface area contributed by atoms with Gasteiger partial charge in [0.2, 0.25) is 0 Å². The molecule has 4 atom stereocenters. The molecule has 0 aromatic heterocycles. The standard InChI is InChI=1S/C15H26O2/c1-10(2)6-5-7-11(3)13-9-8-12(4)14(16)15(13)17/h6,8,11,13-17H,5,7,9H2,1-4H3/t11?,13-,14?,15+/m1/s1. The maximum atomic E-state index is 10.1. The van der Waals surface area contributed by atoms with Crippen molar-refractivity contribution in [1.29, 1.82) is 0 Å². The number of aliphatic hydroxyl groups is 2. The Morgan fingerprint density at radius 3 is 2.71 bits per heavy atom. The lowest BCUT2D eigenvalue weighted by Crippen LogP contribution is -2.40. The monoisotopic (exact) mass is 238 g/mol. The van der Waals surface area contributed by atoms with Crippen LogP contribution < -0.4 is 0 Å². The molecule has 1 rings (SSSR count). The van der Waals surface area contributed by atoms with Crippen LogP contribution in [0.25, 0.3) is 0 Å². The lowest BCUT2D eigenvalue weighted by molar-refractivity contribution is -0.0219. The van der Waals surface area contributed by atoms with Crippen molar-refractivity contribution in [2.75, 3.05) is 0 Å². The zero-order valence-electron chi connectivity index (χ0n) is 11.5. The van der Waals surface area contributed by atoms with E-state index in [1.165, 1.54) is 5.57 Å². The maximum absolute atomic E-state index is 10.1. The van der Waals surface area contributed by atoms with Crippen molar-refractivity contribution in [2.24, 2.45) is 11.8 Å². The number of allylic oxidation sites excluding steroid dienone is 3. The molecule has 1 aliphatic rings. The van der Waals surface area contributed by atoms with Crippen LogP contribution in [-0.4, -0.2) is 22.4 Å². The first-order valence-electron chi connectivity index (χ1n) is 6.59. The summed E-state index contributed by atoms with van der Waals surface area (Å²) in [6.07, 6.45) is 6.07. The fourth-order valence-corrected chi connectivity index (χ4v) is 2.50. The van der Waals surface area contributed by atoms with E-state index in [-0.39, 0.29) is 5.92 Å². The van der Waals surface area contributed by atoms with Crippen LogP contribution in [0.1, 0.15) is 47.0 Å². The van der Waals surface area contributed by atoms with Crippen molar-refractivity contribution >= 4 is 0 Å². The average molecular weight is 238 g/mol. The summed E-state index contributed by atoms with van der Waals surface area (Å²) < 4.78 is 0. The molecule has 0 aromatic carbocycles. The molecular formula is C15H26O2. The Labute approximate surface area is 105 Å². The van der Waals surface area contributed by atoms with Crippen molar-refractivity contribution in [3.05, 3.63) is 23.3 Å². The topological polar surface area (TPSA) is 40.5 Å². The molecule has 2 nitrogen and oxygen atoms in total. The van der Waals surface area contributed by atoms with Crippen LogP contribution in [0.3, 0.4) is 0 Å². The van der Waals surface area contributed by atoms with Gasteiger partial charge in [0.25, 0.3) is 0 Å². The Morgan fingerprint density at radius 2 is 2.12 bits per heavy atom. The molecule has 2 N–H and O–H groups in total. The molecule has 0 heterocycles. The van der Waals surface area contributed by atoms with E-state index in [4.69, 9.17) is 0 Å². The predicted octanol–water partition coefficient (Wildman–Crippen LogP) is 3.06. The molecule has 0 bridgehead atoms. The van der Waals surface area contributed by atoms with Gasteiger partial charge in [-0.3, -0.25) is 0 Å². The van der Waals surface area contributed by atoms with Gasteiger partial charge in [-0.2, -0.15) is 0 Å². The zero-order valence-corrected chi connectivity index (χ0v) is 11.5. The number of rotatable bonds is 4. The highest BCUT2D eigenvalue weighted by atomic mass is 16.3. The van der Waals surface area contributed by atoms with Crippen LogP contribution in [-0.2, 0) is 0 Å². The van der Waals surface area contributed by atoms with E-state index < -0.39 is 12.2 Å². The Morgan fingerprint density at radius 1 is 1.47 bits per heavy atom. The minimum atomic E-state index is -0.667. The van der Waals surface area contributed by atoms with E-state index in [1.54, 1.807) is 0 Å². The highest BCUT2D eigenvalue weighted by Gasteiger charge is 2.33. The van der Waals surface area contributed by atoms with Gasteiger partial charge in [0.1, 0.15) is 6.10 Å². The van der Waals surface area contributed by atoms with Gasteiger partial charge in [-0.15, -0.1) is 0 Å². The van der Waals surface area contributed by atoms with Crippen molar-refractivity contribution in [1.82, 2.24) is 0 Å². The van der Waals surface area contributed by atoms with Crippen molar-refractivity contribution < 1.29 is 10.2 Å². The Balaban J connectivity index is 2.53. The molecule has 0 saturated heterocycles. The second-order valence-electron chi connectivity index (χ2n) is 5.62. The van der Waals surface area contributed by atoms with Gasteiger partial charge in [0, 0.05) is 0 Å². The van der Waals surface area contributed by atoms with Crippen molar-refractivity contribution in [3.63, 3.8) is 0 Å². The minimum absolute atomic E-state index is 0.194. The molecular weight excluding hydrogens is 212 g/mol. The van der Waals surface area contributed by atoms with Crippen LogP contribution in [0.4, 0.5) is 0 Å². The quantitative estimate of drug-likeness (QED) is 0.739. The Bertz CT molecular complexity index is 300. The smallest absolute Gasteiger partial charge is 0.101 e. The van der Waals surface area contributed by atoms with E-state index in [0.29, 0.717) is 5.92 Å². The highest BCUT2D eigenvalue weighted by Crippen LogP contribution is 2.32. The third-order valence-corrected chi connectivity index (χ3v) is 3.85.